The lowest BCUT2D eigenvalue weighted by Gasteiger charge is -2.11. The molecule has 1 unspecified atom stereocenters. The molecular weight excluding hydrogens is 475 g/mol. The van der Waals surface area contributed by atoms with Gasteiger partial charge in [0.1, 0.15) is 5.75 Å². The van der Waals surface area contributed by atoms with Gasteiger partial charge in [0.25, 0.3) is 0 Å². The van der Waals surface area contributed by atoms with E-state index in [2.05, 4.69) is 16.7 Å². The minimum atomic E-state index is -4.58. The largest absolute Gasteiger partial charge is 0.507 e. The van der Waals surface area contributed by atoms with Crippen molar-refractivity contribution in [3.8, 4) is 10.8 Å². The molecule has 1 fully saturated rings. The van der Waals surface area contributed by atoms with E-state index in [1.54, 1.807) is 13.0 Å². The molecule has 1 aliphatic rings. The summed E-state index contributed by atoms with van der Waals surface area (Å²) in [6.07, 6.45) is -0.862. The summed E-state index contributed by atoms with van der Waals surface area (Å²) in [6, 6.07) is 4.84. The normalized spacial score (nSPS) is 14.5. The number of halogens is 3. The average Bonchev–Trinajstić information content (AvgIpc) is 3.35. The zero-order valence-corrected chi connectivity index (χ0v) is 21.0. The molecule has 1 aliphatic heterocycles. The van der Waals surface area contributed by atoms with Crippen LogP contribution in [0.3, 0.4) is 0 Å². The molecule has 33 heavy (non-hydrogen) atoms. The number of alkyl halides is 3. The number of benzene rings is 1. The number of aliphatic hydroxyl groups is 1. The summed E-state index contributed by atoms with van der Waals surface area (Å²) in [5, 5.41) is 17.7. The Bertz CT molecular complexity index is 829. The fraction of sp³-hybridized carbons (Fsp3) is 0.545. The number of nitrogen functional groups attached to an aromatic ring is 1. The van der Waals surface area contributed by atoms with E-state index in [1.165, 1.54) is 55.3 Å². The lowest BCUT2D eigenvalue weighted by Crippen LogP contribution is -2.10. The van der Waals surface area contributed by atoms with Crippen LogP contribution < -0.4 is 15.2 Å². The lowest BCUT2D eigenvalue weighted by atomic mass is 10.2. The summed E-state index contributed by atoms with van der Waals surface area (Å²) in [5.41, 5.74) is 5.68. The van der Waals surface area contributed by atoms with Gasteiger partial charge in [-0.1, -0.05) is 18.3 Å². The van der Waals surface area contributed by atoms with Gasteiger partial charge in [-0.2, -0.15) is 13.2 Å². The van der Waals surface area contributed by atoms with Gasteiger partial charge in [0, 0.05) is 18.4 Å². The van der Waals surface area contributed by atoms with Crippen LogP contribution >= 0.6 is 23.3 Å². The highest BCUT2D eigenvalue weighted by Crippen LogP contribution is 2.41. The van der Waals surface area contributed by atoms with Gasteiger partial charge < -0.3 is 30.3 Å². The van der Waals surface area contributed by atoms with Crippen molar-refractivity contribution < 1.29 is 28.1 Å². The summed E-state index contributed by atoms with van der Waals surface area (Å²) in [5.74, 6) is -0.820. The number of nitrogens with zero attached hydrogens (tertiary/aromatic N) is 1. The molecule has 5 N–H and O–H groups in total. The monoisotopic (exact) mass is 509 g/mol. The number of nitrogens with two attached hydrogens (primary N) is 1. The van der Waals surface area contributed by atoms with Crippen LogP contribution in [0, 0.1) is 0 Å². The van der Waals surface area contributed by atoms with E-state index in [9.17, 15) is 18.3 Å². The number of aromatic hydroxyl groups is 1. The van der Waals surface area contributed by atoms with Gasteiger partial charge in [-0.3, -0.25) is 0 Å². The van der Waals surface area contributed by atoms with E-state index >= 15 is 0 Å². The highest BCUT2D eigenvalue weighted by atomic mass is 32.2. The summed E-state index contributed by atoms with van der Waals surface area (Å²) in [6.45, 7) is 8.51. The molecule has 0 bridgehead atoms. The maximum atomic E-state index is 12.6. The van der Waals surface area contributed by atoms with Crippen LogP contribution in [0.15, 0.2) is 28.5 Å². The second kappa shape index (κ2) is 14.4. The topological polar surface area (TPSA) is 91.0 Å². The Morgan fingerprint density at radius 2 is 1.85 bits per heavy atom. The Hall–Kier alpha value is -1.82. The molecule has 2 aromatic rings. The number of phenols is 1. The minimum Gasteiger partial charge on any atom is -0.507 e. The fourth-order valence-electron chi connectivity index (χ4n) is 2.59. The maximum absolute atomic E-state index is 12.6. The number of anilines is 2. The van der Waals surface area contributed by atoms with Crippen molar-refractivity contribution in [3.63, 3.8) is 0 Å². The zero-order valence-electron chi connectivity index (χ0n) is 19.4. The zero-order chi connectivity index (χ0) is 25.0. The van der Waals surface area contributed by atoms with Crippen molar-refractivity contribution in [1.82, 2.24) is 4.90 Å². The summed E-state index contributed by atoms with van der Waals surface area (Å²) in [4.78, 5) is 2.36. The molecule has 1 atom stereocenters. The second-order valence-electron chi connectivity index (χ2n) is 7.41. The molecule has 1 aromatic heterocycles. The van der Waals surface area contributed by atoms with Crippen molar-refractivity contribution in [1.29, 1.82) is 0 Å². The van der Waals surface area contributed by atoms with Crippen LogP contribution in [0.4, 0.5) is 24.5 Å². The highest BCUT2D eigenvalue weighted by molar-refractivity contribution is 8.02. The van der Waals surface area contributed by atoms with Crippen LogP contribution in [0.25, 0.3) is 0 Å². The number of hydrogen-bond acceptors (Lipinski definition) is 8. The van der Waals surface area contributed by atoms with Gasteiger partial charge in [0.15, 0.2) is 5.06 Å². The summed E-state index contributed by atoms with van der Waals surface area (Å²) in [7, 11) is 2.17. The molecule has 3 rings (SSSR count). The molecule has 2 heterocycles. The van der Waals surface area contributed by atoms with Gasteiger partial charge in [-0.15, -0.1) is 0 Å². The fourth-order valence-corrected chi connectivity index (χ4v) is 4.40. The van der Waals surface area contributed by atoms with Gasteiger partial charge in [-0.05, 0) is 83.4 Å². The van der Waals surface area contributed by atoms with E-state index in [4.69, 9.17) is 15.6 Å². The number of nitrogens with one attached hydrogen (secondary N) is 1. The standard InChI is InChI=1S/C15H17F3N2O2S2.C5H11N.C2H6O/c1-3-8(2)22-14-11(19)7-13(23-14)24-20-9-4-5-10(12(21)6-9)15(16,17)18;1-6-4-2-3-5-6;1-2-3/h4-8,20-21H,3,19H2,1-2H3;2-5H2,1H3;3H,2H2,1H3. The average molecular weight is 510 g/mol. The van der Waals surface area contributed by atoms with Gasteiger partial charge in [0.05, 0.1) is 21.6 Å². The molecule has 1 aromatic carbocycles. The quantitative estimate of drug-likeness (QED) is 0.352. The molecule has 0 aliphatic carbocycles. The molecule has 0 saturated carbocycles. The molecule has 0 amide bonds. The Labute approximate surface area is 202 Å². The van der Waals surface area contributed by atoms with Crippen LogP contribution in [-0.2, 0) is 6.18 Å². The maximum Gasteiger partial charge on any atom is 0.419 e. The molecule has 6 nitrogen and oxygen atoms in total. The smallest absolute Gasteiger partial charge is 0.419 e. The van der Waals surface area contributed by atoms with E-state index in [1.807, 2.05) is 13.8 Å². The van der Waals surface area contributed by atoms with Crippen LogP contribution in [0.2, 0.25) is 0 Å². The predicted molar refractivity (Wildman–Crippen MR) is 131 cm³/mol. The van der Waals surface area contributed by atoms with Crippen molar-refractivity contribution in [2.75, 3.05) is 37.2 Å². The first-order chi connectivity index (χ1) is 15.5. The van der Waals surface area contributed by atoms with Crippen molar-refractivity contribution in [2.24, 2.45) is 0 Å². The number of likely N-dealkylation sites (tertiary alicyclic amines) is 1. The van der Waals surface area contributed by atoms with Crippen molar-refractivity contribution in [2.45, 2.75) is 56.5 Å². The summed E-state index contributed by atoms with van der Waals surface area (Å²) >= 11 is 2.53. The first-order valence-electron chi connectivity index (χ1n) is 10.7. The SMILES string of the molecule is CCC(C)Oc1sc(SNc2ccc(C(F)(F)F)c(O)c2)cc1N.CCO.CN1CCCC1. The number of thiophene rings is 1. The molecular formula is C22H34F3N3O3S2. The third-order valence-electron chi connectivity index (χ3n) is 4.49. The summed E-state index contributed by atoms with van der Waals surface area (Å²) < 4.78 is 47.2. The van der Waals surface area contributed by atoms with Crippen molar-refractivity contribution in [3.05, 3.63) is 29.8 Å². The molecule has 0 spiro atoms. The number of rotatable bonds is 6. The van der Waals surface area contributed by atoms with E-state index < -0.39 is 17.5 Å². The third-order valence-corrected chi connectivity index (χ3v) is 6.48. The highest BCUT2D eigenvalue weighted by Gasteiger charge is 2.33. The van der Waals surface area contributed by atoms with Gasteiger partial charge in [0.2, 0.25) is 0 Å². The number of ether oxygens (including phenoxy) is 1. The van der Waals surface area contributed by atoms with Gasteiger partial charge >= 0.3 is 6.18 Å². The number of hydrogen-bond donors (Lipinski definition) is 4. The first kappa shape index (κ1) is 29.2. The van der Waals surface area contributed by atoms with Gasteiger partial charge in [-0.25, -0.2) is 0 Å². The van der Waals surface area contributed by atoms with Crippen LogP contribution in [0.1, 0.15) is 45.6 Å². The number of aliphatic hydroxyl groups excluding tert-OH is 1. The third kappa shape index (κ3) is 10.8. The van der Waals surface area contributed by atoms with E-state index in [0.29, 0.717) is 16.4 Å². The predicted octanol–water partition coefficient (Wildman–Crippen LogP) is 6.06. The Morgan fingerprint density at radius 3 is 2.30 bits per heavy atom. The van der Waals surface area contributed by atoms with E-state index in [0.717, 1.165) is 22.8 Å². The molecule has 11 heteroatoms. The molecule has 188 valence electrons. The Balaban J connectivity index is 0.000000506. The second-order valence-corrected chi connectivity index (χ2v) is 9.53. The van der Waals surface area contributed by atoms with Crippen LogP contribution in [-0.4, -0.2) is 48.0 Å². The minimum absolute atomic E-state index is 0.0450. The van der Waals surface area contributed by atoms with Crippen molar-refractivity contribution >= 4 is 34.7 Å². The first-order valence-corrected chi connectivity index (χ1v) is 12.3. The number of phenolic OH excluding ortho intramolecular Hbond substituents is 1. The van der Waals surface area contributed by atoms with E-state index in [-0.39, 0.29) is 12.7 Å². The van der Waals surface area contributed by atoms with Crippen LogP contribution in [0.5, 0.6) is 10.8 Å². The molecule has 0 radical (unpaired) electrons. The Kier molecular flexibility index (Phi) is 12.8. The Morgan fingerprint density at radius 1 is 1.24 bits per heavy atom. The molecule has 1 saturated heterocycles. The lowest BCUT2D eigenvalue weighted by molar-refractivity contribution is -0.138.